The highest BCUT2D eigenvalue weighted by Crippen LogP contribution is 2.29. The molecular formula is C12H14BrN3O. The zero-order valence-electron chi connectivity index (χ0n) is 9.32. The lowest BCUT2D eigenvalue weighted by Gasteiger charge is -2.30. The van der Waals surface area contributed by atoms with Gasteiger partial charge in [0.1, 0.15) is 0 Å². The number of halogens is 1. The molecule has 2 heterocycles. The summed E-state index contributed by atoms with van der Waals surface area (Å²) in [6.45, 7) is 1.76. The average molecular weight is 296 g/mol. The van der Waals surface area contributed by atoms with Crippen LogP contribution in [0.4, 0.5) is 5.69 Å². The number of carbonyl (C=O) groups excluding carboxylic acids is 1. The monoisotopic (exact) mass is 295 g/mol. The van der Waals surface area contributed by atoms with Crippen molar-refractivity contribution in [2.45, 2.75) is 12.5 Å². The molecule has 0 saturated carbocycles. The van der Waals surface area contributed by atoms with Crippen molar-refractivity contribution in [2.75, 3.05) is 18.1 Å². The summed E-state index contributed by atoms with van der Waals surface area (Å²) in [5.41, 5.74) is 4.02. The van der Waals surface area contributed by atoms with E-state index in [1.165, 1.54) is 0 Å². The van der Waals surface area contributed by atoms with Gasteiger partial charge in [-0.05, 0) is 37.2 Å². The van der Waals surface area contributed by atoms with Gasteiger partial charge in [0.25, 0.3) is 0 Å². The van der Waals surface area contributed by atoms with Crippen LogP contribution in [0.3, 0.4) is 0 Å². The average Bonchev–Trinajstić information content (AvgIpc) is 2.69. The van der Waals surface area contributed by atoms with E-state index >= 15 is 0 Å². The van der Waals surface area contributed by atoms with Crippen molar-refractivity contribution >= 4 is 27.5 Å². The molecule has 2 aliphatic heterocycles. The Morgan fingerprint density at radius 3 is 2.82 bits per heavy atom. The van der Waals surface area contributed by atoms with E-state index in [-0.39, 0.29) is 17.9 Å². The largest absolute Gasteiger partial charge is 0.316 e. The first-order valence-corrected chi connectivity index (χ1v) is 6.61. The van der Waals surface area contributed by atoms with Crippen LogP contribution in [0.5, 0.6) is 0 Å². The van der Waals surface area contributed by atoms with Crippen LogP contribution < -0.4 is 15.8 Å². The van der Waals surface area contributed by atoms with Gasteiger partial charge in [-0.1, -0.05) is 15.9 Å². The van der Waals surface area contributed by atoms with Crippen LogP contribution >= 0.6 is 15.9 Å². The van der Waals surface area contributed by atoms with Crippen molar-refractivity contribution in [3.8, 4) is 0 Å². The number of nitrogens with zero attached hydrogens (tertiary/aromatic N) is 1. The van der Waals surface area contributed by atoms with Crippen LogP contribution in [0.15, 0.2) is 28.7 Å². The summed E-state index contributed by atoms with van der Waals surface area (Å²) in [5.74, 6) is 0.206. The smallest absolute Gasteiger partial charge is 0.245 e. The van der Waals surface area contributed by atoms with Gasteiger partial charge in [-0.3, -0.25) is 15.2 Å². The lowest BCUT2D eigenvalue weighted by molar-refractivity contribution is -0.122. The zero-order valence-corrected chi connectivity index (χ0v) is 10.9. The van der Waals surface area contributed by atoms with E-state index in [0.29, 0.717) is 0 Å². The van der Waals surface area contributed by atoms with Gasteiger partial charge in [0.15, 0.2) is 0 Å². The molecule has 1 amide bonds. The Balaban J connectivity index is 1.88. The van der Waals surface area contributed by atoms with E-state index < -0.39 is 0 Å². The highest BCUT2D eigenvalue weighted by Gasteiger charge is 2.42. The topological polar surface area (TPSA) is 44.4 Å². The second kappa shape index (κ2) is 4.31. The third-order valence-corrected chi connectivity index (χ3v) is 3.98. The van der Waals surface area contributed by atoms with Crippen LogP contribution in [0.25, 0.3) is 0 Å². The number of piperidine rings is 1. The second-order valence-electron chi connectivity index (χ2n) is 4.49. The zero-order chi connectivity index (χ0) is 11.8. The van der Waals surface area contributed by atoms with Crippen molar-refractivity contribution in [2.24, 2.45) is 5.92 Å². The fourth-order valence-corrected chi connectivity index (χ4v) is 2.83. The van der Waals surface area contributed by atoms with Crippen LogP contribution in [0.2, 0.25) is 0 Å². The molecule has 0 aliphatic carbocycles. The van der Waals surface area contributed by atoms with Crippen molar-refractivity contribution in [1.82, 2.24) is 10.7 Å². The summed E-state index contributed by atoms with van der Waals surface area (Å²) in [4.78, 5) is 11.9. The fourth-order valence-electron chi connectivity index (χ4n) is 2.56. The molecule has 0 aromatic heterocycles. The number of fused-ring (bicyclic) bond motifs is 1. The number of nitrogens with one attached hydrogen (secondary N) is 2. The Morgan fingerprint density at radius 1 is 1.29 bits per heavy atom. The van der Waals surface area contributed by atoms with Gasteiger partial charge in [0.2, 0.25) is 5.91 Å². The molecule has 2 unspecified atom stereocenters. The van der Waals surface area contributed by atoms with Gasteiger partial charge in [-0.2, -0.15) is 0 Å². The molecule has 2 fully saturated rings. The summed E-state index contributed by atoms with van der Waals surface area (Å²) >= 11 is 3.42. The minimum Gasteiger partial charge on any atom is -0.316 e. The predicted octanol–water partition coefficient (Wildman–Crippen LogP) is 1.28. The van der Waals surface area contributed by atoms with E-state index in [2.05, 4.69) is 26.7 Å². The third kappa shape index (κ3) is 1.93. The molecule has 4 nitrogen and oxygen atoms in total. The maximum absolute atomic E-state index is 11.9. The quantitative estimate of drug-likeness (QED) is 0.820. The normalized spacial score (nSPS) is 27.8. The Morgan fingerprint density at radius 2 is 2.06 bits per heavy atom. The number of hydrogen-bond acceptors (Lipinski definition) is 3. The Bertz CT molecular complexity index is 434. The maximum atomic E-state index is 11.9. The van der Waals surface area contributed by atoms with Crippen molar-refractivity contribution in [3.05, 3.63) is 28.7 Å². The molecule has 17 heavy (non-hydrogen) atoms. The molecular weight excluding hydrogens is 282 g/mol. The molecule has 90 valence electrons. The fraction of sp³-hybridized carbons (Fsp3) is 0.417. The summed E-state index contributed by atoms with van der Waals surface area (Å²) in [5, 5.41) is 5.29. The standard InChI is InChI=1S/C12H14BrN3O/c13-8-1-3-9(4-2-8)16-11-5-6-14-7-10(11)12(17)15-16/h1-4,10-11,14H,5-7H2,(H,15,17). The number of anilines is 1. The van der Waals surface area contributed by atoms with Crippen molar-refractivity contribution in [3.63, 3.8) is 0 Å². The molecule has 2 N–H and O–H groups in total. The second-order valence-corrected chi connectivity index (χ2v) is 5.40. The molecule has 0 bridgehead atoms. The Kier molecular flexibility index (Phi) is 2.80. The summed E-state index contributed by atoms with van der Waals surface area (Å²) in [6.07, 6.45) is 0.999. The summed E-state index contributed by atoms with van der Waals surface area (Å²) in [7, 11) is 0. The third-order valence-electron chi connectivity index (χ3n) is 3.45. The number of rotatable bonds is 1. The molecule has 1 aromatic rings. The Hall–Kier alpha value is -1.07. The van der Waals surface area contributed by atoms with Gasteiger partial charge in [-0.15, -0.1) is 0 Å². The first kappa shape index (κ1) is 11.0. The van der Waals surface area contributed by atoms with Crippen LogP contribution in [0.1, 0.15) is 6.42 Å². The predicted molar refractivity (Wildman–Crippen MR) is 69.5 cm³/mol. The molecule has 2 atom stereocenters. The molecule has 2 aliphatic rings. The van der Waals surface area contributed by atoms with Crippen molar-refractivity contribution < 1.29 is 4.79 Å². The number of hydrazine groups is 1. The van der Waals surface area contributed by atoms with Crippen molar-refractivity contribution in [1.29, 1.82) is 0 Å². The minimum atomic E-state index is 0.0763. The number of hydrogen-bond donors (Lipinski definition) is 2. The SMILES string of the molecule is O=C1NN(c2ccc(Br)cc2)C2CCNCC12. The lowest BCUT2D eigenvalue weighted by atomic mass is 9.94. The summed E-state index contributed by atoms with van der Waals surface area (Å²) in [6, 6.07) is 8.32. The van der Waals surface area contributed by atoms with Gasteiger partial charge in [0, 0.05) is 11.0 Å². The van der Waals surface area contributed by atoms with Crippen LogP contribution in [0, 0.1) is 5.92 Å². The van der Waals surface area contributed by atoms with Gasteiger partial charge in [-0.25, -0.2) is 0 Å². The number of benzene rings is 1. The molecule has 3 rings (SSSR count). The first-order chi connectivity index (χ1) is 8.25. The Labute approximate surface area is 108 Å². The van der Waals surface area contributed by atoms with E-state index in [4.69, 9.17) is 0 Å². The molecule has 0 radical (unpaired) electrons. The maximum Gasteiger partial charge on any atom is 0.245 e. The van der Waals surface area contributed by atoms with Gasteiger partial charge >= 0.3 is 0 Å². The molecule has 5 heteroatoms. The molecule has 2 saturated heterocycles. The number of amides is 1. The van der Waals surface area contributed by atoms with Gasteiger partial charge in [0.05, 0.1) is 17.6 Å². The first-order valence-electron chi connectivity index (χ1n) is 5.82. The van der Waals surface area contributed by atoms with E-state index in [1.54, 1.807) is 0 Å². The highest BCUT2D eigenvalue weighted by molar-refractivity contribution is 9.10. The molecule has 1 aromatic carbocycles. The van der Waals surface area contributed by atoms with Crippen LogP contribution in [-0.2, 0) is 4.79 Å². The minimum absolute atomic E-state index is 0.0763. The highest BCUT2D eigenvalue weighted by atomic mass is 79.9. The number of carbonyl (C=O) groups is 1. The lowest BCUT2D eigenvalue weighted by Crippen LogP contribution is -2.45. The molecule has 0 spiro atoms. The van der Waals surface area contributed by atoms with Crippen LogP contribution in [-0.4, -0.2) is 25.0 Å². The van der Waals surface area contributed by atoms with E-state index in [9.17, 15) is 4.79 Å². The van der Waals surface area contributed by atoms with Gasteiger partial charge < -0.3 is 5.32 Å². The summed E-state index contributed by atoms with van der Waals surface area (Å²) < 4.78 is 1.05. The van der Waals surface area contributed by atoms with E-state index in [1.807, 2.05) is 29.3 Å². The van der Waals surface area contributed by atoms with E-state index in [0.717, 1.165) is 29.7 Å².